The molecule has 4 rings (SSSR count). The van der Waals surface area contributed by atoms with Crippen LogP contribution in [0.1, 0.15) is 37.7 Å². The number of halogens is 1. The van der Waals surface area contributed by atoms with E-state index >= 15 is 0 Å². The van der Waals surface area contributed by atoms with Crippen LogP contribution in [0, 0.1) is 20.2 Å². The predicted molar refractivity (Wildman–Crippen MR) is 146 cm³/mol. The lowest BCUT2D eigenvalue weighted by molar-refractivity contribution is -0.386. The van der Waals surface area contributed by atoms with Crippen molar-refractivity contribution in [2.45, 2.75) is 32.8 Å². The topological polar surface area (TPSA) is 143 Å². The first-order valence-corrected chi connectivity index (χ1v) is 12.2. The van der Waals surface area contributed by atoms with Gasteiger partial charge in [0.05, 0.1) is 27.0 Å². The predicted octanol–water partition coefficient (Wildman–Crippen LogP) is 5.73. The van der Waals surface area contributed by atoms with Crippen LogP contribution in [0.25, 0.3) is 10.9 Å². The molecule has 11 nitrogen and oxygen atoms in total. The van der Waals surface area contributed by atoms with E-state index in [-0.39, 0.29) is 29.3 Å². The van der Waals surface area contributed by atoms with Crippen LogP contribution >= 0.6 is 15.9 Å². The molecular formula is C26H22BrN5O6. The van der Waals surface area contributed by atoms with E-state index in [9.17, 15) is 25.0 Å². The number of aromatic nitrogens is 2. The maximum atomic E-state index is 13.4. The van der Waals surface area contributed by atoms with Gasteiger partial charge in [-0.2, -0.15) is 9.78 Å². The van der Waals surface area contributed by atoms with Crippen molar-refractivity contribution < 1.29 is 14.6 Å². The molecule has 38 heavy (non-hydrogen) atoms. The van der Waals surface area contributed by atoms with Crippen molar-refractivity contribution >= 4 is 44.4 Å². The molecule has 0 aliphatic rings. The quantitative estimate of drug-likeness (QED) is 0.154. The summed E-state index contributed by atoms with van der Waals surface area (Å²) in [5, 5.41) is 27.6. The Morgan fingerprint density at radius 2 is 1.79 bits per heavy atom. The number of hydrogen-bond donors (Lipinski definition) is 0. The fourth-order valence-electron chi connectivity index (χ4n) is 3.72. The van der Waals surface area contributed by atoms with E-state index in [0.29, 0.717) is 26.8 Å². The number of rotatable bonds is 7. The molecule has 0 fully saturated rings. The molecule has 0 N–H and O–H groups in total. The van der Waals surface area contributed by atoms with Gasteiger partial charge in [-0.05, 0) is 29.8 Å². The standard InChI is InChI=1S/C26H22BrN5O6/c1-26(2,3)25-29-21-11-10-18(27)13-20(21)24(33)30(25)28-14-17-7-5-9-22(32(36)37)23(17)38-15-16-6-4-8-19(12-16)31(34)35/h4-14H,15H2,1-3H3. The first-order valence-electron chi connectivity index (χ1n) is 11.4. The molecule has 4 aromatic rings. The van der Waals surface area contributed by atoms with E-state index in [1.807, 2.05) is 20.8 Å². The Morgan fingerprint density at radius 3 is 2.47 bits per heavy atom. The lowest BCUT2D eigenvalue weighted by Crippen LogP contribution is -2.29. The van der Waals surface area contributed by atoms with Gasteiger partial charge in [0.15, 0.2) is 0 Å². The monoisotopic (exact) mass is 579 g/mol. The molecule has 3 aromatic carbocycles. The summed E-state index contributed by atoms with van der Waals surface area (Å²) in [6, 6.07) is 15.3. The van der Waals surface area contributed by atoms with E-state index in [2.05, 4.69) is 26.0 Å². The average molecular weight is 580 g/mol. The number of nitro groups is 2. The fourth-order valence-corrected chi connectivity index (χ4v) is 4.08. The van der Waals surface area contributed by atoms with Crippen LogP contribution in [0.2, 0.25) is 0 Å². The second-order valence-corrected chi connectivity index (χ2v) is 10.3. The lowest BCUT2D eigenvalue weighted by atomic mass is 9.95. The summed E-state index contributed by atoms with van der Waals surface area (Å²) < 4.78 is 7.67. The number of hydrogen-bond acceptors (Lipinski definition) is 8. The van der Waals surface area contributed by atoms with E-state index < -0.39 is 20.8 Å². The highest BCUT2D eigenvalue weighted by molar-refractivity contribution is 9.10. The summed E-state index contributed by atoms with van der Waals surface area (Å²) in [4.78, 5) is 39.8. The van der Waals surface area contributed by atoms with Crippen LogP contribution in [0.3, 0.4) is 0 Å². The molecule has 194 valence electrons. The Bertz CT molecular complexity index is 1660. The third kappa shape index (κ3) is 5.59. The van der Waals surface area contributed by atoms with Crippen molar-refractivity contribution in [3.05, 3.63) is 113 Å². The first-order chi connectivity index (χ1) is 18.0. The molecule has 0 bridgehead atoms. The highest BCUT2D eigenvalue weighted by atomic mass is 79.9. The van der Waals surface area contributed by atoms with Gasteiger partial charge in [-0.15, -0.1) is 0 Å². The highest BCUT2D eigenvalue weighted by Crippen LogP contribution is 2.31. The minimum absolute atomic E-state index is 0.0883. The van der Waals surface area contributed by atoms with Crippen LogP contribution in [-0.4, -0.2) is 25.7 Å². The highest BCUT2D eigenvalue weighted by Gasteiger charge is 2.24. The van der Waals surface area contributed by atoms with Gasteiger partial charge in [0.2, 0.25) is 5.75 Å². The fraction of sp³-hybridized carbons (Fsp3) is 0.192. The van der Waals surface area contributed by atoms with E-state index in [0.717, 1.165) is 0 Å². The number of fused-ring (bicyclic) bond motifs is 1. The van der Waals surface area contributed by atoms with Crippen LogP contribution < -0.4 is 10.3 Å². The molecule has 0 amide bonds. The summed E-state index contributed by atoms with van der Waals surface area (Å²) in [6.07, 6.45) is 1.30. The normalized spacial score (nSPS) is 11.7. The number of benzene rings is 3. The second-order valence-electron chi connectivity index (χ2n) is 9.38. The SMILES string of the molecule is CC(C)(C)c1nc2ccc(Br)cc2c(=O)n1N=Cc1cccc([N+](=O)[O-])c1OCc1cccc([N+](=O)[O-])c1. The van der Waals surface area contributed by atoms with Crippen molar-refractivity contribution in [2.75, 3.05) is 0 Å². The molecule has 1 heterocycles. The zero-order valence-corrected chi connectivity index (χ0v) is 22.2. The number of para-hydroxylation sites is 1. The van der Waals surface area contributed by atoms with E-state index in [4.69, 9.17) is 4.74 Å². The maximum Gasteiger partial charge on any atom is 0.311 e. The summed E-state index contributed by atoms with van der Waals surface area (Å²) in [7, 11) is 0. The van der Waals surface area contributed by atoms with Crippen molar-refractivity contribution in [3.63, 3.8) is 0 Å². The number of ether oxygens (including phenoxy) is 1. The molecule has 0 saturated heterocycles. The first kappa shape index (κ1) is 26.6. The third-order valence-corrected chi connectivity index (χ3v) is 6.01. The molecule has 0 radical (unpaired) electrons. The van der Waals surface area contributed by atoms with Crippen molar-refractivity contribution in [3.8, 4) is 5.75 Å². The van der Waals surface area contributed by atoms with Gasteiger partial charge in [-0.25, -0.2) is 4.98 Å². The Hall–Kier alpha value is -4.45. The van der Waals surface area contributed by atoms with Gasteiger partial charge in [-0.3, -0.25) is 25.0 Å². The minimum Gasteiger partial charge on any atom is -0.481 e. The smallest absolute Gasteiger partial charge is 0.311 e. The van der Waals surface area contributed by atoms with Gasteiger partial charge in [-0.1, -0.05) is 54.9 Å². The lowest BCUT2D eigenvalue weighted by Gasteiger charge is -2.21. The largest absolute Gasteiger partial charge is 0.481 e. The minimum atomic E-state index is -0.595. The zero-order chi connectivity index (χ0) is 27.6. The van der Waals surface area contributed by atoms with Crippen LogP contribution in [0.5, 0.6) is 5.75 Å². The summed E-state index contributed by atoms with van der Waals surface area (Å²) >= 11 is 3.37. The van der Waals surface area contributed by atoms with Gasteiger partial charge in [0.1, 0.15) is 12.4 Å². The van der Waals surface area contributed by atoms with Gasteiger partial charge >= 0.3 is 5.69 Å². The van der Waals surface area contributed by atoms with E-state index in [1.165, 1.54) is 41.2 Å². The van der Waals surface area contributed by atoms with E-state index in [1.54, 1.807) is 30.3 Å². The Kier molecular flexibility index (Phi) is 7.35. The third-order valence-electron chi connectivity index (χ3n) is 5.52. The van der Waals surface area contributed by atoms with Crippen LogP contribution in [-0.2, 0) is 12.0 Å². The number of nitrogens with zero attached hydrogens (tertiary/aromatic N) is 5. The van der Waals surface area contributed by atoms with Crippen molar-refractivity contribution in [1.29, 1.82) is 0 Å². The molecule has 0 atom stereocenters. The Labute approximate surface area is 224 Å². The van der Waals surface area contributed by atoms with Gasteiger partial charge in [0.25, 0.3) is 11.2 Å². The van der Waals surface area contributed by atoms with Crippen molar-refractivity contribution in [1.82, 2.24) is 9.66 Å². The number of non-ortho nitro benzene ring substituents is 1. The summed E-state index contributed by atoms with van der Waals surface area (Å²) in [5.74, 6) is 0.313. The van der Waals surface area contributed by atoms with Crippen molar-refractivity contribution in [2.24, 2.45) is 5.10 Å². The van der Waals surface area contributed by atoms with Crippen LogP contribution in [0.4, 0.5) is 11.4 Å². The molecule has 0 spiro atoms. The van der Waals surface area contributed by atoms with Crippen LogP contribution in [0.15, 0.2) is 75.0 Å². The molecule has 12 heteroatoms. The maximum absolute atomic E-state index is 13.4. The molecule has 0 aliphatic carbocycles. The molecular weight excluding hydrogens is 558 g/mol. The Balaban J connectivity index is 1.80. The molecule has 0 saturated carbocycles. The second kappa shape index (κ2) is 10.5. The molecule has 1 aromatic heterocycles. The van der Waals surface area contributed by atoms with Gasteiger partial charge in [0, 0.05) is 33.7 Å². The summed E-state index contributed by atoms with van der Waals surface area (Å²) in [6.45, 7) is 5.53. The van der Waals surface area contributed by atoms with Gasteiger partial charge < -0.3 is 4.74 Å². The average Bonchev–Trinajstić information content (AvgIpc) is 2.86. The summed E-state index contributed by atoms with van der Waals surface area (Å²) in [5.41, 5.74) is -0.181. The molecule has 0 unspecified atom stereocenters. The molecule has 0 aliphatic heterocycles. The zero-order valence-electron chi connectivity index (χ0n) is 20.6. The Morgan fingerprint density at radius 1 is 1.05 bits per heavy atom. The number of nitro benzene ring substituents is 2.